The van der Waals surface area contributed by atoms with Gasteiger partial charge in [0.1, 0.15) is 5.69 Å². The number of aromatic nitrogens is 2. The Labute approximate surface area is 113 Å². The van der Waals surface area contributed by atoms with E-state index in [0.29, 0.717) is 17.9 Å². The van der Waals surface area contributed by atoms with Crippen LogP contribution in [0.3, 0.4) is 0 Å². The molecular weight excluding hydrogens is 244 g/mol. The van der Waals surface area contributed by atoms with Gasteiger partial charge in [-0.2, -0.15) is 5.10 Å². The highest BCUT2D eigenvalue weighted by molar-refractivity contribution is 5.97. The first kappa shape index (κ1) is 14.1. The van der Waals surface area contributed by atoms with Crippen molar-refractivity contribution in [2.45, 2.75) is 51.7 Å². The summed E-state index contributed by atoms with van der Waals surface area (Å²) in [7, 11) is 1.57. The van der Waals surface area contributed by atoms with Gasteiger partial charge in [0.2, 0.25) is 0 Å². The van der Waals surface area contributed by atoms with Crippen molar-refractivity contribution in [1.29, 1.82) is 0 Å². The lowest BCUT2D eigenvalue weighted by Crippen LogP contribution is -2.24. The highest BCUT2D eigenvalue weighted by Crippen LogP contribution is 2.25. The number of rotatable bonds is 5. The minimum absolute atomic E-state index is 0.0430. The molecular formula is C14H22N2O3. The summed E-state index contributed by atoms with van der Waals surface area (Å²) in [6, 6.07) is 0.134. The van der Waals surface area contributed by atoms with Crippen LogP contribution in [0.15, 0.2) is 6.20 Å². The molecule has 1 aromatic rings. The highest BCUT2D eigenvalue weighted by Gasteiger charge is 2.25. The average molecular weight is 266 g/mol. The number of hydrogen-bond donors (Lipinski definition) is 0. The predicted octanol–water partition coefficient (Wildman–Crippen LogP) is 2.61. The number of hydrogen-bond acceptors (Lipinski definition) is 4. The molecule has 1 atom stereocenters. The van der Waals surface area contributed by atoms with Crippen molar-refractivity contribution < 1.29 is 14.3 Å². The van der Waals surface area contributed by atoms with E-state index >= 15 is 0 Å². The Morgan fingerprint density at radius 1 is 1.58 bits per heavy atom. The maximum absolute atomic E-state index is 12.5. The van der Waals surface area contributed by atoms with Gasteiger partial charge < -0.3 is 9.47 Å². The Morgan fingerprint density at radius 3 is 2.95 bits per heavy atom. The summed E-state index contributed by atoms with van der Waals surface area (Å²) in [4.78, 5) is 12.5. The molecule has 0 spiro atoms. The fourth-order valence-electron chi connectivity index (χ4n) is 2.42. The van der Waals surface area contributed by atoms with Crippen LogP contribution in [0, 0.1) is 0 Å². The monoisotopic (exact) mass is 266 g/mol. The zero-order valence-corrected chi connectivity index (χ0v) is 11.9. The minimum Gasteiger partial charge on any atom is -0.493 e. The molecule has 1 fully saturated rings. The van der Waals surface area contributed by atoms with Crippen molar-refractivity contribution in [3.8, 4) is 5.75 Å². The first-order chi connectivity index (χ1) is 9.13. The fourth-order valence-corrected chi connectivity index (χ4v) is 2.42. The van der Waals surface area contributed by atoms with Crippen molar-refractivity contribution in [3.05, 3.63) is 11.9 Å². The van der Waals surface area contributed by atoms with Crippen LogP contribution >= 0.6 is 0 Å². The normalized spacial score (nSPS) is 19.7. The summed E-state index contributed by atoms with van der Waals surface area (Å²) < 4.78 is 12.6. The number of carbonyl (C=O) groups is 1. The van der Waals surface area contributed by atoms with Crippen LogP contribution < -0.4 is 4.74 Å². The van der Waals surface area contributed by atoms with Gasteiger partial charge in [0.05, 0.1) is 19.4 Å². The summed E-state index contributed by atoms with van der Waals surface area (Å²) in [6.07, 6.45) is 5.26. The maximum Gasteiger partial charge on any atom is 0.187 e. The van der Waals surface area contributed by atoms with E-state index < -0.39 is 0 Å². The Kier molecular flexibility index (Phi) is 4.58. The minimum atomic E-state index is 0.0430. The molecule has 0 bridgehead atoms. The molecule has 5 heteroatoms. The molecule has 2 rings (SSSR count). The quantitative estimate of drug-likeness (QED) is 0.769. The van der Waals surface area contributed by atoms with Crippen LogP contribution in [0.5, 0.6) is 5.75 Å². The molecule has 5 nitrogen and oxygen atoms in total. The van der Waals surface area contributed by atoms with Crippen molar-refractivity contribution in [1.82, 2.24) is 9.78 Å². The van der Waals surface area contributed by atoms with E-state index in [4.69, 9.17) is 9.47 Å². The van der Waals surface area contributed by atoms with Gasteiger partial charge in [0, 0.05) is 19.1 Å². The summed E-state index contributed by atoms with van der Waals surface area (Å²) in [5.74, 6) is 0.601. The first-order valence-corrected chi connectivity index (χ1v) is 6.89. The Hall–Kier alpha value is -1.36. The molecule has 0 aliphatic carbocycles. The molecule has 106 valence electrons. The molecule has 2 heterocycles. The lowest BCUT2D eigenvalue weighted by atomic mass is 10.0. The lowest BCUT2D eigenvalue weighted by Gasteiger charge is -2.22. The van der Waals surface area contributed by atoms with Gasteiger partial charge >= 0.3 is 0 Å². The number of ketones is 1. The van der Waals surface area contributed by atoms with Crippen LogP contribution in [0.4, 0.5) is 0 Å². The van der Waals surface area contributed by atoms with Crippen molar-refractivity contribution in [2.75, 3.05) is 13.7 Å². The third-order valence-electron chi connectivity index (χ3n) is 3.42. The summed E-state index contributed by atoms with van der Waals surface area (Å²) in [6.45, 7) is 4.76. The fraction of sp³-hybridized carbons (Fsp3) is 0.714. The molecule has 1 aliphatic heterocycles. The Morgan fingerprint density at radius 2 is 2.37 bits per heavy atom. The van der Waals surface area contributed by atoms with Crippen LogP contribution in [0.25, 0.3) is 0 Å². The van der Waals surface area contributed by atoms with E-state index in [2.05, 4.69) is 5.10 Å². The van der Waals surface area contributed by atoms with Crippen LogP contribution in [-0.4, -0.2) is 35.4 Å². The second-order valence-electron chi connectivity index (χ2n) is 5.22. The van der Waals surface area contributed by atoms with E-state index in [1.54, 1.807) is 18.0 Å². The molecule has 0 amide bonds. The van der Waals surface area contributed by atoms with Gasteiger partial charge in [-0.3, -0.25) is 9.48 Å². The number of Topliss-reactive ketones (excluding diaryl/α,β-unsaturated/α-hetero) is 1. The molecule has 1 aromatic heterocycles. The third kappa shape index (κ3) is 3.15. The standard InChI is InChI=1S/C14H22N2O3/c1-10(2)16-14(13(18-3)9-15-16)12(17)8-11-6-4-5-7-19-11/h9-11H,4-8H2,1-3H3. The van der Waals surface area contributed by atoms with Crippen LogP contribution in [0.2, 0.25) is 0 Å². The van der Waals surface area contributed by atoms with E-state index in [0.717, 1.165) is 25.9 Å². The van der Waals surface area contributed by atoms with Crippen molar-refractivity contribution in [2.24, 2.45) is 0 Å². The van der Waals surface area contributed by atoms with Crippen molar-refractivity contribution in [3.63, 3.8) is 0 Å². The number of methoxy groups -OCH3 is 1. The predicted molar refractivity (Wildman–Crippen MR) is 71.7 cm³/mol. The average Bonchev–Trinajstić information content (AvgIpc) is 2.83. The molecule has 0 aromatic carbocycles. The molecule has 1 aliphatic rings. The van der Waals surface area contributed by atoms with Gasteiger partial charge in [0.25, 0.3) is 0 Å². The lowest BCUT2D eigenvalue weighted by molar-refractivity contribution is 0.0126. The number of nitrogens with zero attached hydrogens (tertiary/aromatic N) is 2. The topological polar surface area (TPSA) is 53.4 Å². The summed E-state index contributed by atoms with van der Waals surface area (Å²) in [5.41, 5.74) is 0.562. The maximum atomic E-state index is 12.5. The first-order valence-electron chi connectivity index (χ1n) is 6.89. The van der Waals surface area contributed by atoms with Gasteiger partial charge in [-0.1, -0.05) is 0 Å². The van der Waals surface area contributed by atoms with E-state index in [-0.39, 0.29) is 17.9 Å². The molecule has 1 saturated heterocycles. The second kappa shape index (κ2) is 6.19. The van der Waals surface area contributed by atoms with Gasteiger partial charge in [-0.05, 0) is 33.1 Å². The van der Waals surface area contributed by atoms with E-state index in [1.807, 2.05) is 13.8 Å². The summed E-state index contributed by atoms with van der Waals surface area (Å²) in [5, 5.41) is 4.23. The molecule has 19 heavy (non-hydrogen) atoms. The third-order valence-corrected chi connectivity index (χ3v) is 3.42. The van der Waals surface area contributed by atoms with E-state index in [9.17, 15) is 4.79 Å². The highest BCUT2D eigenvalue weighted by atomic mass is 16.5. The van der Waals surface area contributed by atoms with Gasteiger partial charge in [-0.15, -0.1) is 0 Å². The number of carbonyl (C=O) groups excluding carboxylic acids is 1. The molecule has 0 N–H and O–H groups in total. The Bertz CT molecular complexity index is 434. The van der Waals surface area contributed by atoms with Crippen molar-refractivity contribution >= 4 is 5.78 Å². The van der Waals surface area contributed by atoms with Crippen LogP contribution in [-0.2, 0) is 4.74 Å². The zero-order chi connectivity index (χ0) is 13.8. The number of ether oxygens (including phenoxy) is 2. The van der Waals surface area contributed by atoms with E-state index in [1.165, 1.54) is 0 Å². The SMILES string of the molecule is COc1cnn(C(C)C)c1C(=O)CC1CCCCO1. The second-order valence-corrected chi connectivity index (χ2v) is 5.22. The Balaban J connectivity index is 2.14. The van der Waals surface area contributed by atoms with Gasteiger partial charge in [-0.25, -0.2) is 0 Å². The van der Waals surface area contributed by atoms with Gasteiger partial charge in [0.15, 0.2) is 11.5 Å². The summed E-state index contributed by atoms with van der Waals surface area (Å²) >= 11 is 0. The molecule has 0 radical (unpaired) electrons. The van der Waals surface area contributed by atoms with Crippen LogP contribution in [0.1, 0.15) is 56.1 Å². The largest absolute Gasteiger partial charge is 0.493 e. The smallest absolute Gasteiger partial charge is 0.187 e. The molecule has 1 unspecified atom stereocenters. The molecule has 0 saturated carbocycles. The zero-order valence-electron chi connectivity index (χ0n) is 11.9.